The van der Waals surface area contributed by atoms with Crippen LogP contribution in [0.4, 0.5) is 4.39 Å². The van der Waals surface area contributed by atoms with Gasteiger partial charge in [0, 0.05) is 13.1 Å². The lowest BCUT2D eigenvalue weighted by atomic mass is 10.2. The van der Waals surface area contributed by atoms with E-state index in [2.05, 4.69) is 5.10 Å². The van der Waals surface area contributed by atoms with Crippen LogP contribution in [-0.4, -0.2) is 51.5 Å². The highest BCUT2D eigenvalue weighted by Crippen LogP contribution is 2.07. The lowest BCUT2D eigenvalue weighted by Gasteiger charge is -2.26. The van der Waals surface area contributed by atoms with Gasteiger partial charge in [-0.1, -0.05) is 30.3 Å². The summed E-state index contributed by atoms with van der Waals surface area (Å²) in [4.78, 5) is 40.6. The number of hydrogen-bond acceptors (Lipinski definition) is 5. The number of halogens is 1. The highest BCUT2D eigenvalue weighted by molar-refractivity contribution is 5.91. The van der Waals surface area contributed by atoms with Gasteiger partial charge in [-0.15, -0.1) is 0 Å². The predicted molar refractivity (Wildman–Crippen MR) is 106 cm³/mol. The number of rotatable bonds is 4. The summed E-state index contributed by atoms with van der Waals surface area (Å²) in [5, 5.41) is 4.10. The van der Waals surface area contributed by atoms with E-state index in [1.165, 1.54) is 23.1 Å². The molecule has 4 rings (SSSR count). The number of para-hydroxylation sites is 1. The maximum atomic E-state index is 13.6. The number of carbonyl (C=O) groups is 1. The fourth-order valence-electron chi connectivity index (χ4n) is 3.26. The van der Waals surface area contributed by atoms with Crippen molar-refractivity contribution in [1.29, 1.82) is 0 Å². The highest BCUT2D eigenvalue weighted by atomic mass is 19.1. The first-order valence-electron chi connectivity index (χ1n) is 9.45. The van der Waals surface area contributed by atoms with Gasteiger partial charge in [-0.3, -0.25) is 14.2 Å². The fourth-order valence-corrected chi connectivity index (χ4v) is 3.26. The van der Waals surface area contributed by atoms with Crippen molar-refractivity contribution in [2.75, 3.05) is 26.3 Å². The first-order valence-corrected chi connectivity index (χ1v) is 9.45. The summed E-state index contributed by atoms with van der Waals surface area (Å²) >= 11 is 0. The Morgan fingerprint density at radius 2 is 1.77 bits per heavy atom. The van der Waals surface area contributed by atoms with Gasteiger partial charge in [0.25, 0.3) is 11.5 Å². The number of aromatic nitrogens is 3. The smallest absolute Gasteiger partial charge is 0.352 e. The zero-order valence-corrected chi connectivity index (χ0v) is 16.0. The third kappa shape index (κ3) is 3.92. The molecule has 1 aliphatic rings. The SMILES string of the molecule is O=C(c1nn(-c2ccccc2)c(=O)n(Cc2cccc(F)c2)c1=O)N1CCOCC1. The molecule has 0 atom stereocenters. The van der Waals surface area contributed by atoms with Crippen molar-refractivity contribution >= 4 is 5.91 Å². The molecule has 2 aromatic carbocycles. The Bertz CT molecular complexity index is 1180. The molecule has 1 aliphatic heterocycles. The van der Waals surface area contributed by atoms with Crippen LogP contribution in [0.5, 0.6) is 0 Å². The normalized spacial score (nSPS) is 14.0. The van der Waals surface area contributed by atoms with Crippen LogP contribution in [0.15, 0.2) is 64.2 Å². The van der Waals surface area contributed by atoms with Crippen molar-refractivity contribution in [1.82, 2.24) is 19.2 Å². The quantitative estimate of drug-likeness (QED) is 0.642. The van der Waals surface area contributed by atoms with E-state index in [9.17, 15) is 18.8 Å². The van der Waals surface area contributed by atoms with Crippen LogP contribution in [0.1, 0.15) is 16.1 Å². The molecule has 154 valence electrons. The topological polar surface area (TPSA) is 86.4 Å². The van der Waals surface area contributed by atoms with E-state index in [1.807, 2.05) is 0 Å². The third-order valence-electron chi connectivity index (χ3n) is 4.79. The molecule has 9 heteroatoms. The van der Waals surface area contributed by atoms with E-state index >= 15 is 0 Å². The van der Waals surface area contributed by atoms with Crippen LogP contribution in [0, 0.1) is 5.82 Å². The molecule has 0 bridgehead atoms. The first-order chi connectivity index (χ1) is 14.5. The molecule has 1 aromatic heterocycles. The molecular weight excluding hydrogens is 391 g/mol. The Kier molecular flexibility index (Phi) is 5.53. The van der Waals surface area contributed by atoms with E-state index in [1.54, 1.807) is 36.4 Å². The summed E-state index contributed by atoms with van der Waals surface area (Å²) in [6, 6.07) is 14.1. The summed E-state index contributed by atoms with van der Waals surface area (Å²) in [6.07, 6.45) is 0. The average molecular weight is 410 g/mol. The van der Waals surface area contributed by atoms with Gasteiger partial charge in [0.05, 0.1) is 25.4 Å². The molecule has 3 aromatic rings. The van der Waals surface area contributed by atoms with E-state index in [4.69, 9.17) is 4.74 Å². The van der Waals surface area contributed by atoms with Crippen LogP contribution in [0.3, 0.4) is 0 Å². The largest absolute Gasteiger partial charge is 0.378 e. The number of amides is 1. The van der Waals surface area contributed by atoms with Crippen LogP contribution in [0.25, 0.3) is 5.69 Å². The van der Waals surface area contributed by atoms with Gasteiger partial charge in [-0.05, 0) is 29.8 Å². The zero-order chi connectivity index (χ0) is 21.1. The maximum Gasteiger partial charge on any atom is 0.352 e. The van der Waals surface area contributed by atoms with Crippen molar-refractivity contribution < 1.29 is 13.9 Å². The Hall–Kier alpha value is -3.59. The molecule has 0 spiro atoms. The van der Waals surface area contributed by atoms with E-state index < -0.39 is 23.0 Å². The second-order valence-electron chi connectivity index (χ2n) is 6.80. The van der Waals surface area contributed by atoms with Crippen molar-refractivity contribution in [3.8, 4) is 5.69 Å². The number of nitrogens with zero attached hydrogens (tertiary/aromatic N) is 4. The maximum absolute atomic E-state index is 13.6. The molecule has 1 amide bonds. The lowest BCUT2D eigenvalue weighted by molar-refractivity contribution is 0.0295. The Morgan fingerprint density at radius 3 is 2.47 bits per heavy atom. The molecule has 2 heterocycles. The first kappa shape index (κ1) is 19.7. The van der Waals surface area contributed by atoms with Gasteiger partial charge >= 0.3 is 5.69 Å². The highest BCUT2D eigenvalue weighted by Gasteiger charge is 2.26. The van der Waals surface area contributed by atoms with Gasteiger partial charge < -0.3 is 9.64 Å². The summed E-state index contributed by atoms with van der Waals surface area (Å²) in [6.45, 7) is 1.19. The van der Waals surface area contributed by atoms with Crippen molar-refractivity contribution in [2.24, 2.45) is 0 Å². The molecule has 8 nitrogen and oxygen atoms in total. The van der Waals surface area contributed by atoms with Crippen LogP contribution in [0.2, 0.25) is 0 Å². The molecule has 1 fully saturated rings. The lowest BCUT2D eigenvalue weighted by Crippen LogP contribution is -2.48. The van der Waals surface area contributed by atoms with Crippen LogP contribution >= 0.6 is 0 Å². The summed E-state index contributed by atoms with van der Waals surface area (Å²) < 4.78 is 20.8. The van der Waals surface area contributed by atoms with E-state index in [0.29, 0.717) is 37.6 Å². The second-order valence-corrected chi connectivity index (χ2v) is 6.80. The number of benzene rings is 2. The van der Waals surface area contributed by atoms with Crippen molar-refractivity contribution in [3.05, 3.63) is 92.5 Å². The number of morpholine rings is 1. The molecule has 0 saturated carbocycles. The Labute approximate surface area is 170 Å². The molecule has 30 heavy (non-hydrogen) atoms. The van der Waals surface area contributed by atoms with Gasteiger partial charge in [0.1, 0.15) is 5.82 Å². The summed E-state index contributed by atoms with van der Waals surface area (Å²) in [7, 11) is 0. The number of hydrogen-bond donors (Lipinski definition) is 0. The van der Waals surface area contributed by atoms with E-state index in [-0.39, 0.29) is 12.2 Å². The van der Waals surface area contributed by atoms with Gasteiger partial charge in [-0.25, -0.2) is 9.18 Å². The third-order valence-corrected chi connectivity index (χ3v) is 4.79. The Morgan fingerprint density at radius 1 is 1.03 bits per heavy atom. The van der Waals surface area contributed by atoms with Gasteiger partial charge in [0.15, 0.2) is 0 Å². The number of carbonyl (C=O) groups excluding carboxylic acids is 1. The molecular formula is C21H19FN4O4. The van der Waals surface area contributed by atoms with E-state index in [0.717, 1.165) is 9.25 Å². The van der Waals surface area contributed by atoms with Crippen molar-refractivity contribution in [3.63, 3.8) is 0 Å². The molecule has 0 aliphatic carbocycles. The van der Waals surface area contributed by atoms with Crippen LogP contribution < -0.4 is 11.2 Å². The zero-order valence-electron chi connectivity index (χ0n) is 16.0. The minimum absolute atomic E-state index is 0.186. The van der Waals surface area contributed by atoms with Crippen LogP contribution in [-0.2, 0) is 11.3 Å². The molecule has 1 saturated heterocycles. The fraction of sp³-hybridized carbons (Fsp3) is 0.238. The van der Waals surface area contributed by atoms with Gasteiger partial charge in [-0.2, -0.15) is 9.78 Å². The second kappa shape index (κ2) is 8.42. The van der Waals surface area contributed by atoms with Gasteiger partial charge in [0.2, 0.25) is 5.69 Å². The Balaban J connectivity index is 1.86. The monoisotopic (exact) mass is 410 g/mol. The van der Waals surface area contributed by atoms with Crippen molar-refractivity contribution in [2.45, 2.75) is 6.54 Å². The molecule has 0 unspecified atom stereocenters. The number of ether oxygens (including phenoxy) is 1. The molecule has 0 N–H and O–H groups in total. The minimum Gasteiger partial charge on any atom is -0.378 e. The summed E-state index contributed by atoms with van der Waals surface area (Å²) in [5.41, 5.74) is -1.06. The minimum atomic E-state index is -0.812. The average Bonchev–Trinajstić information content (AvgIpc) is 2.78. The molecule has 0 radical (unpaired) electrons. The standard InChI is InChI=1S/C21H19FN4O4/c22-16-6-4-5-15(13-16)14-25-20(28)18(19(27)24-9-11-30-12-10-24)23-26(21(25)29)17-7-2-1-3-8-17/h1-8,13H,9-12,14H2. The summed E-state index contributed by atoms with van der Waals surface area (Å²) in [5.74, 6) is -1.05. The predicted octanol–water partition coefficient (Wildman–Crippen LogP) is 1.05.